The van der Waals surface area contributed by atoms with Crippen LogP contribution in [0.4, 0.5) is 0 Å². The van der Waals surface area contributed by atoms with E-state index in [-0.39, 0.29) is 12.5 Å². The predicted octanol–water partition coefficient (Wildman–Crippen LogP) is 2.20. The number of carbonyl (C=O) groups excluding carboxylic acids is 1. The van der Waals surface area contributed by atoms with Gasteiger partial charge in [0, 0.05) is 18.2 Å². The topological polar surface area (TPSA) is 58.6 Å². The molecule has 1 aromatic rings. The van der Waals surface area contributed by atoms with E-state index in [0.29, 0.717) is 19.4 Å². The number of aryl methyl sites for hydroxylation is 1. The smallest absolute Gasteiger partial charge is 0.224 e. The highest BCUT2D eigenvalue weighted by Gasteiger charge is 2.25. The molecule has 1 atom stereocenters. The zero-order chi connectivity index (χ0) is 15.2. The number of aliphatic hydroxyl groups excluding tert-OH is 1. The van der Waals surface area contributed by atoms with Gasteiger partial charge in [0.15, 0.2) is 0 Å². The van der Waals surface area contributed by atoms with Crippen molar-refractivity contribution in [2.24, 2.45) is 0 Å². The van der Waals surface area contributed by atoms with Gasteiger partial charge in [0.05, 0.1) is 18.6 Å². The summed E-state index contributed by atoms with van der Waals surface area (Å²) in [7, 11) is 1.58. The van der Waals surface area contributed by atoms with E-state index in [1.807, 2.05) is 32.0 Å². The van der Waals surface area contributed by atoms with E-state index in [1.54, 1.807) is 7.11 Å². The second kappa shape index (κ2) is 7.76. The first kappa shape index (κ1) is 17.1. The van der Waals surface area contributed by atoms with Gasteiger partial charge < -0.3 is 15.2 Å². The summed E-state index contributed by atoms with van der Waals surface area (Å²) in [4.78, 5) is 12.2. The van der Waals surface area contributed by atoms with Crippen LogP contribution in [0.2, 0.25) is 0 Å². The predicted molar refractivity (Wildman–Crippen MR) is 82.7 cm³/mol. The molecule has 2 N–H and O–H groups in total. The highest BCUT2D eigenvalue weighted by Crippen LogP contribution is 2.17. The van der Waals surface area contributed by atoms with Gasteiger partial charge in [-0.25, -0.2) is 0 Å². The summed E-state index contributed by atoms with van der Waals surface area (Å²) in [5.74, 6) is -0.0663. The Labute approximate surface area is 128 Å². The lowest BCUT2D eigenvalue weighted by Gasteiger charge is -2.29. The van der Waals surface area contributed by atoms with E-state index in [9.17, 15) is 4.79 Å². The van der Waals surface area contributed by atoms with E-state index in [2.05, 4.69) is 21.2 Å². The third-order valence-electron chi connectivity index (χ3n) is 3.22. The summed E-state index contributed by atoms with van der Waals surface area (Å²) in [5.41, 5.74) is 1.53. The number of hydrogen-bond acceptors (Lipinski definition) is 3. The molecule has 1 amide bonds. The first-order valence-electron chi connectivity index (χ1n) is 6.56. The fourth-order valence-corrected chi connectivity index (χ4v) is 2.62. The summed E-state index contributed by atoms with van der Waals surface area (Å²) in [6, 6.07) is 5.86. The monoisotopic (exact) mass is 343 g/mol. The van der Waals surface area contributed by atoms with E-state index >= 15 is 0 Å². The SMILES string of the molecule is COCC(C)(CCO)NC(=O)Cc1ccc(Br)cc1C. The second-order valence-corrected chi connectivity index (χ2v) is 6.18. The summed E-state index contributed by atoms with van der Waals surface area (Å²) in [5, 5.41) is 12.0. The van der Waals surface area contributed by atoms with Gasteiger partial charge in [0.2, 0.25) is 5.91 Å². The fourth-order valence-electron chi connectivity index (χ4n) is 2.15. The van der Waals surface area contributed by atoms with Gasteiger partial charge >= 0.3 is 0 Å². The molecule has 0 bridgehead atoms. The quantitative estimate of drug-likeness (QED) is 0.797. The fraction of sp³-hybridized carbons (Fsp3) is 0.533. The highest BCUT2D eigenvalue weighted by atomic mass is 79.9. The Kier molecular flexibility index (Phi) is 6.65. The van der Waals surface area contributed by atoms with E-state index in [4.69, 9.17) is 9.84 Å². The number of aliphatic hydroxyl groups is 1. The Morgan fingerprint density at radius 1 is 1.50 bits per heavy atom. The third kappa shape index (κ3) is 5.23. The maximum atomic E-state index is 12.2. The van der Waals surface area contributed by atoms with Crippen LogP contribution in [0.3, 0.4) is 0 Å². The van der Waals surface area contributed by atoms with Gasteiger partial charge in [-0.1, -0.05) is 22.0 Å². The maximum absolute atomic E-state index is 12.2. The van der Waals surface area contributed by atoms with Gasteiger partial charge in [0.25, 0.3) is 0 Å². The first-order chi connectivity index (χ1) is 9.40. The lowest BCUT2D eigenvalue weighted by atomic mass is 9.98. The third-order valence-corrected chi connectivity index (χ3v) is 3.72. The second-order valence-electron chi connectivity index (χ2n) is 5.26. The molecule has 112 valence electrons. The van der Waals surface area contributed by atoms with Crippen molar-refractivity contribution < 1.29 is 14.6 Å². The average Bonchev–Trinajstić information content (AvgIpc) is 2.33. The summed E-state index contributed by atoms with van der Waals surface area (Å²) < 4.78 is 6.12. The Bertz CT molecular complexity index is 456. The van der Waals surface area contributed by atoms with E-state index < -0.39 is 5.54 Å². The van der Waals surface area contributed by atoms with Crippen LogP contribution in [0.15, 0.2) is 22.7 Å². The molecule has 0 spiro atoms. The van der Waals surface area contributed by atoms with E-state index in [0.717, 1.165) is 15.6 Å². The van der Waals surface area contributed by atoms with Crippen LogP contribution >= 0.6 is 15.9 Å². The van der Waals surface area contributed by atoms with Crippen molar-refractivity contribution in [3.05, 3.63) is 33.8 Å². The van der Waals surface area contributed by atoms with E-state index in [1.165, 1.54) is 0 Å². The van der Waals surface area contributed by atoms with Crippen molar-refractivity contribution in [3.63, 3.8) is 0 Å². The van der Waals surface area contributed by atoms with Crippen molar-refractivity contribution in [2.75, 3.05) is 20.3 Å². The molecular weight excluding hydrogens is 322 g/mol. The number of amides is 1. The molecular formula is C15H22BrNO3. The minimum atomic E-state index is -0.538. The Morgan fingerprint density at radius 2 is 2.20 bits per heavy atom. The normalized spacial score (nSPS) is 13.8. The van der Waals surface area contributed by atoms with Crippen molar-refractivity contribution >= 4 is 21.8 Å². The molecule has 1 aromatic carbocycles. The molecule has 1 rings (SSSR count). The summed E-state index contributed by atoms with van der Waals surface area (Å²) >= 11 is 3.41. The average molecular weight is 344 g/mol. The molecule has 0 saturated heterocycles. The van der Waals surface area contributed by atoms with Crippen molar-refractivity contribution in [3.8, 4) is 0 Å². The van der Waals surface area contributed by atoms with Crippen LogP contribution in [0.5, 0.6) is 0 Å². The Morgan fingerprint density at radius 3 is 2.75 bits per heavy atom. The van der Waals surface area contributed by atoms with Gasteiger partial charge in [-0.05, 0) is 43.5 Å². The number of rotatable bonds is 7. The van der Waals surface area contributed by atoms with Crippen LogP contribution in [0.1, 0.15) is 24.5 Å². The Hall–Kier alpha value is -0.910. The number of carbonyl (C=O) groups is 1. The summed E-state index contributed by atoms with van der Waals surface area (Å²) in [6.07, 6.45) is 0.787. The maximum Gasteiger partial charge on any atom is 0.224 e. The standard InChI is InChI=1S/C15H22BrNO3/c1-11-8-13(16)5-4-12(11)9-14(19)17-15(2,6-7-18)10-20-3/h4-5,8,18H,6-7,9-10H2,1-3H3,(H,17,19). The molecule has 0 heterocycles. The minimum Gasteiger partial charge on any atom is -0.396 e. The zero-order valence-electron chi connectivity index (χ0n) is 12.2. The van der Waals surface area contributed by atoms with Crippen LogP contribution in [-0.4, -0.2) is 36.9 Å². The molecule has 0 aromatic heterocycles. The zero-order valence-corrected chi connectivity index (χ0v) is 13.8. The lowest BCUT2D eigenvalue weighted by molar-refractivity contribution is -0.123. The van der Waals surface area contributed by atoms with Crippen molar-refractivity contribution in [2.45, 2.75) is 32.2 Å². The molecule has 0 saturated carbocycles. The Balaban J connectivity index is 2.70. The molecule has 1 unspecified atom stereocenters. The van der Waals surface area contributed by atoms with Gasteiger partial charge in [-0.15, -0.1) is 0 Å². The van der Waals surface area contributed by atoms with Gasteiger partial charge in [-0.3, -0.25) is 4.79 Å². The molecule has 5 heteroatoms. The number of benzene rings is 1. The molecule has 0 aliphatic heterocycles. The van der Waals surface area contributed by atoms with Crippen molar-refractivity contribution in [1.82, 2.24) is 5.32 Å². The van der Waals surface area contributed by atoms with Crippen LogP contribution in [0, 0.1) is 6.92 Å². The number of ether oxygens (including phenoxy) is 1. The first-order valence-corrected chi connectivity index (χ1v) is 7.35. The van der Waals surface area contributed by atoms with Crippen LogP contribution in [0.25, 0.3) is 0 Å². The number of nitrogens with one attached hydrogen (secondary N) is 1. The highest BCUT2D eigenvalue weighted by molar-refractivity contribution is 9.10. The summed E-state index contributed by atoms with van der Waals surface area (Å²) in [6.45, 7) is 4.24. The number of hydrogen-bond donors (Lipinski definition) is 2. The molecule has 0 aliphatic carbocycles. The number of halogens is 1. The van der Waals surface area contributed by atoms with Crippen LogP contribution in [-0.2, 0) is 16.0 Å². The van der Waals surface area contributed by atoms with Crippen molar-refractivity contribution in [1.29, 1.82) is 0 Å². The minimum absolute atomic E-state index is 0.0114. The lowest BCUT2D eigenvalue weighted by Crippen LogP contribution is -2.50. The van der Waals surface area contributed by atoms with Gasteiger partial charge in [0.1, 0.15) is 0 Å². The number of methoxy groups -OCH3 is 1. The molecule has 0 fully saturated rings. The van der Waals surface area contributed by atoms with Crippen LogP contribution < -0.4 is 5.32 Å². The van der Waals surface area contributed by atoms with Gasteiger partial charge in [-0.2, -0.15) is 0 Å². The largest absolute Gasteiger partial charge is 0.396 e. The molecule has 4 nitrogen and oxygen atoms in total. The molecule has 0 aliphatic rings. The molecule has 0 radical (unpaired) electrons. The molecule has 20 heavy (non-hydrogen) atoms.